The van der Waals surface area contributed by atoms with E-state index in [2.05, 4.69) is 15.0 Å². The molecule has 1 heterocycles. The van der Waals surface area contributed by atoms with Gasteiger partial charge in [0.2, 0.25) is 10.6 Å². The highest BCUT2D eigenvalue weighted by molar-refractivity contribution is 6.31. The summed E-state index contributed by atoms with van der Waals surface area (Å²) in [6.45, 7) is 4.04. The Morgan fingerprint density at radius 3 is 2.19 bits per heavy atom. The van der Waals surface area contributed by atoms with Gasteiger partial charge in [0, 0.05) is 5.56 Å². The van der Waals surface area contributed by atoms with Gasteiger partial charge in [-0.2, -0.15) is 15.0 Å². The lowest BCUT2D eigenvalue weighted by atomic mass is 10.0. The van der Waals surface area contributed by atoms with Gasteiger partial charge in [0.1, 0.15) is 0 Å². The largest absolute Gasteiger partial charge is 0.227 e. The molecule has 0 saturated heterocycles. The number of hydrogen-bond donors (Lipinski definition) is 0. The summed E-state index contributed by atoms with van der Waals surface area (Å²) >= 11 is 11.5. The topological polar surface area (TPSA) is 38.7 Å². The fraction of sp³-hybridized carbons (Fsp3) is 0.182. The molecule has 82 valence electrons. The van der Waals surface area contributed by atoms with E-state index in [4.69, 9.17) is 23.2 Å². The summed E-state index contributed by atoms with van der Waals surface area (Å²) in [5, 5.41) is 0.215. The Morgan fingerprint density at radius 2 is 1.56 bits per heavy atom. The van der Waals surface area contributed by atoms with Crippen LogP contribution < -0.4 is 0 Å². The molecule has 0 radical (unpaired) electrons. The summed E-state index contributed by atoms with van der Waals surface area (Å²) in [5.41, 5.74) is 3.21. The van der Waals surface area contributed by atoms with Gasteiger partial charge in [-0.05, 0) is 48.2 Å². The fourth-order valence-electron chi connectivity index (χ4n) is 1.44. The van der Waals surface area contributed by atoms with Gasteiger partial charge >= 0.3 is 0 Å². The number of rotatable bonds is 1. The molecule has 3 nitrogen and oxygen atoms in total. The standard InChI is InChI=1S/C11H9Cl2N3/c1-6-4-3-5-8(7(6)2)9-14-10(12)16-11(13)15-9/h3-5H,1-2H3. The second kappa shape index (κ2) is 4.36. The SMILES string of the molecule is Cc1cccc(-c2nc(Cl)nc(Cl)n2)c1C. The van der Waals surface area contributed by atoms with Crippen LogP contribution in [0.25, 0.3) is 11.4 Å². The molecule has 1 aromatic carbocycles. The number of benzene rings is 1. The highest BCUT2D eigenvalue weighted by Gasteiger charge is 2.09. The Morgan fingerprint density at radius 1 is 0.938 bits per heavy atom. The van der Waals surface area contributed by atoms with Gasteiger partial charge in [0.15, 0.2) is 5.82 Å². The third-order valence-corrected chi connectivity index (χ3v) is 2.76. The van der Waals surface area contributed by atoms with Crippen LogP contribution in [0.3, 0.4) is 0 Å². The summed E-state index contributed by atoms with van der Waals surface area (Å²) in [5.74, 6) is 0.506. The van der Waals surface area contributed by atoms with E-state index in [1.807, 2.05) is 32.0 Å². The molecule has 0 atom stereocenters. The lowest BCUT2D eigenvalue weighted by Gasteiger charge is -2.07. The van der Waals surface area contributed by atoms with Crippen molar-refractivity contribution >= 4 is 23.2 Å². The first-order valence-electron chi connectivity index (χ1n) is 4.71. The van der Waals surface area contributed by atoms with Gasteiger partial charge in [-0.1, -0.05) is 18.2 Å². The summed E-state index contributed by atoms with van der Waals surface area (Å²) in [6, 6.07) is 5.91. The molecular weight excluding hydrogens is 245 g/mol. The molecule has 0 N–H and O–H groups in total. The molecule has 16 heavy (non-hydrogen) atoms. The molecular formula is C11H9Cl2N3. The predicted octanol–water partition coefficient (Wildman–Crippen LogP) is 3.46. The lowest BCUT2D eigenvalue weighted by molar-refractivity contribution is 1.05. The Labute approximate surface area is 103 Å². The van der Waals surface area contributed by atoms with Crippen LogP contribution in [0.2, 0.25) is 10.6 Å². The number of halogens is 2. The maximum atomic E-state index is 5.75. The zero-order chi connectivity index (χ0) is 11.7. The molecule has 0 aliphatic heterocycles. The molecule has 2 aromatic rings. The fourth-order valence-corrected chi connectivity index (χ4v) is 1.80. The number of aryl methyl sites for hydroxylation is 1. The van der Waals surface area contributed by atoms with Crippen LogP contribution in [0, 0.1) is 13.8 Å². The van der Waals surface area contributed by atoms with Crippen molar-refractivity contribution in [2.75, 3.05) is 0 Å². The molecule has 0 unspecified atom stereocenters. The van der Waals surface area contributed by atoms with E-state index in [1.54, 1.807) is 0 Å². The average Bonchev–Trinajstić information content (AvgIpc) is 2.20. The molecule has 0 amide bonds. The van der Waals surface area contributed by atoms with Crippen LogP contribution in [0.1, 0.15) is 11.1 Å². The zero-order valence-electron chi connectivity index (χ0n) is 8.83. The third kappa shape index (κ3) is 2.15. The molecule has 0 aliphatic rings. The van der Waals surface area contributed by atoms with Crippen molar-refractivity contribution in [3.05, 3.63) is 39.9 Å². The molecule has 0 saturated carbocycles. The van der Waals surface area contributed by atoms with Crippen molar-refractivity contribution in [3.8, 4) is 11.4 Å². The monoisotopic (exact) mass is 253 g/mol. The van der Waals surface area contributed by atoms with Gasteiger partial charge in [-0.15, -0.1) is 0 Å². The Balaban J connectivity index is 2.63. The van der Waals surface area contributed by atoms with E-state index in [9.17, 15) is 0 Å². The second-order valence-corrected chi connectivity index (χ2v) is 4.12. The summed E-state index contributed by atoms with van der Waals surface area (Å²) in [4.78, 5) is 11.9. The molecule has 1 aromatic heterocycles. The van der Waals surface area contributed by atoms with E-state index < -0.39 is 0 Å². The molecule has 0 aliphatic carbocycles. The van der Waals surface area contributed by atoms with Crippen LogP contribution in [-0.4, -0.2) is 15.0 Å². The van der Waals surface area contributed by atoms with Crippen molar-refractivity contribution in [2.45, 2.75) is 13.8 Å². The van der Waals surface area contributed by atoms with Gasteiger partial charge in [0.25, 0.3) is 0 Å². The van der Waals surface area contributed by atoms with E-state index >= 15 is 0 Å². The van der Waals surface area contributed by atoms with Gasteiger partial charge in [-0.3, -0.25) is 0 Å². The Hall–Kier alpha value is -1.19. The zero-order valence-corrected chi connectivity index (χ0v) is 10.3. The van der Waals surface area contributed by atoms with Crippen molar-refractivity contribution in [1.82, 2.24) is 15.0 Å². The van der Waals surface area contributed by atoms with Crippen LogP contribution in [-0.2, 0) is 0 Å². The average molecular weight is 254 g/mol. The smallest absolute Gasteiger partial charge is 0.198 e. The van der Waals surface area contributed by atoms with E-state index in [0.717, 1.165) is 11.1 Å². The van der Waals surface area contributed by atoms with Gasteiger partial charge < -0.3 is 0 Å². The lowest BCUT2D eigenvalue weighted by Crippen LogP contribution is -1.96. The maximum absolute atomic E-state index is 5.75. The molecule has 2 rings (SSSR count). The number of aromatic nitrogens is 3. The molecule has 0 bridgehead atoms. The minimum Gasteiger partial charge on any atom is -0.198 e. The van der Waals surface area contributed by atoms with Crippen LogP contribution >= 0.6 is 23.2 Å². The van der Waals surface area contributed by atoms with E-state index in [-0.39, 0.29) is 10.6 Å². The van der Waals surface area contributed by atoms with Crippen LogP contribution in [0.4, 0.5) is 0 Å². The summed E-state index contributed by atoms with van der Waals surface area (Å²) in [6.07, 6.45) is 0. The molecule has 5 heteroatoms. The maximum Gasteiger partial charge on any atom is 0.227 e. The van der Waals surface area contributed by atoms with E-state index in [0.29, 0.717) is 5.82 Å². The number of nitrogens with zero attached hydrogens (tertiary/aromatic N) is 3. The first-order valence-corrected chi connectivity index (χ1v) is 5.47. The van der Waals surface area contributed by atoms with Crippen molar-refractivity contribution < 1.29 is 0 Å². The van der Waals surface area contributed by atoms with Crippen LogP contribution in [0.15, 0.2) is 18.2 Å². The first kappa shape index (κ1) is 11.3. The minimum absolute atomic E-state index is 0.107. The minimum atomic E-state index is 0.107. The van der Waals surface area contributed by atoms with E-state index in [1.165, 1.54) is 5.56 Å². The van der Waals surface area contributed by atoms with Gasteiger partial charge in [-0.25, -0.2) is 0 Å². The second-order valence-electron chi connectivity index (χ2n) is 3.44. The highest BCUT2D eigenvalue weighted by atomic mass is 35.5. The molecule has 0 spiro atoms. The highest BCUT2D eigenvalue weighted by Crippen LogP contribution is 2.23. The van der Waals surface area contributed by atoms with Gasteiger partial charge in [0.05, 0.1) is 0 Å². The Kier molecular flexibility index (Phi) is 3.08. The third-order valence-electron chi connectivity index (χ3n) is 2.43. The number of hydrogen-bond acceptors (Lipinski definition) is 3. The Bertz CT molecular complexity index is 520. The van der Waals surface area contributed by atoms with Crippen molar-refractivity contribution in [3.63, 3.8) is 0 Å². The molecule has 0 fully saturated rings. The van der Waals surface area contributed by atoms with Crippen LogP contribution in [0.5, 0.6) is 0 Å². The summed E-state index contributed by atoms with van der Waals surface area (Å²) in [7, 11) is 0. The van der Waals surface area contributed by atoms with Crippen molar-refractivity contribution in [1.29, 1.82) is 0 Å². The predicted molar refractivity (Wildman–Crippen MR) is 64.8 cm³/mol. The quantitative estimate of drug-likeness (QED) is 0.782. The normalized spacial score (nSPS) is 10.5. The summed E-state index contributed by atoms with van der Waals surface area (Å²) < 4.78 is 0. The first-order chi connectivity index (χ1) is 7.58. The van der Waals surface area contributed by atoms with Crippen molar-refractivity contribution in [2.24, 2.45) is 0 Å².